The molecule has 46 valence electrons. The first kappa shape index (κ1) is 7.46. The van der Waals surface area contributed by atoms with E-state index in [2.05, 4.69) is 4.18 Å². The van der Waals surface area contributed by atoms with E-state index in [0.717, 1.165) is 16.1 Å². The Hall–Kier alpha value is 0.460. The van der Waals surface area contributed by atoms with Crippen molar-refractivity contribution in [3.8, 4) is 0 Å². The zero-order chi connectivity index (χ0) is 5.70. The summed E-state index contributed by atoms with van der Waals surface area (Å²) in [5, 5.41) is 0. The quantitative estimate of drug-likeness (QED) is 0.521. The highest BCUT2D eigenvalue weighted by Gasteiger charge is 1.67. The number of rotatable bonds is 2. The standard InChI is InChI=1S/C3H10O2S2/c1-3-6-7(4)5-2/h6-7H,3H2,1-2H3. The van der Waals surface area contributed by atoms with Gasteiger partial charge in [0.1, 0.15) is 0 Å². The summed E-state index contributed by atoms with van der Waals surface area (Å²) in [6, 6.07) is 0. The highest BCUT2D eigenvalue weighted by atomic mass is 32.8. The van der Waals surface area contributed by atoms with Crippen molar-refractivity contribution in [3.63, 3.8) is 0 Å². The van der Waals surface area contributed by atoms with Crippen LogP contribution < -0.4 is 0 Å². The molecule has 2 nitrogen and oxygen atoms in total. The van der Waals surface area contributed by atoms with E-state index in [9.17, 15) is 4.21 Å². The molecule has 0 spiro atoms. The van der Waals surface area contributed by atoms with Crippen molar-refractivity contribution < 1.29 is 8.39 Å². The second-order valence-electron chi connectivity index (χ2n) is 0.878. The predicted octanol–water partition coefficient (Wildman–Crippen LogP) is -0.221. The minimum Gasteiger partial charge on any atom is -0.299 e. The maximum atomic E-state index is 10.3. The molecular formula is C3H10O2S2. The molecule has 0 radical (unpaired) electrons. The Morgan fingerprint density at radius 3 is 2.57 bits per heavy atom. The first-order valence-electron chi connectivity index (χ1n) is 2.00. The second-order valence-corrected chi connectivity index (χ2v) is 4.46. The van der Waals surface area contributed by atoms with Crippen LogP contribution in [0.15, 0.2) is 0 Å². The zero-order valence-corrected chi connectivity index (χ0v) is 6.21. The van der Waals surface area contributed by atoms with Gasteiger partial charge in [-0.1, -0.05) is 6.92 Å². The Morgan fingerprint density at radius 2 is 2.43 bits per heavy atom. The van der Waals surface area contributed by atoms with Crippen LogP contribution in [0.3, 0.4) is 0 Å². The van der Waals surface area contributed by atoms with Gasteiger partial charge in [-0.2, -0.15) is 0 Å². The van der Waals surface area contributed by atoms with Crippen LogP contribution in [0.1, 0.15) is 6.92 Å². The lowest BCUT2D eigenvalue weighted by atomic mass is 11.0. The van der Waals surface area contributed by atoms with Crippen molar-refractivity contribution in [3.05, 3.63) is 0 Å². The molecule has 1 unspecified atom stereocenters. The van der Waals surface area contributed by atoms with Gasteiger partial charge in [-0.3, -0.25) is 4.18 Å². The van der Waals surface area contributed by atoms with E-state index in [4.69, 9.17) is 0 Å². The van der Waals surface area contributed by atoms with Crippen molar-refractivity contribution in [2.45, 2.75) is 6.92 Å². The lowest BCUT2D eigenvalue weighted by Crippen LogP contribution is -1.80. The van der Waals surface area contributed by atoms with Gasteiger partial charge in [0.25, 0.3) is 0 Å². The van der Waals surface area contributed by atoms with Gasteiger partial charge in [0.05, 0.1) is 16.7 Å². The lowest BCUT2D eigenvalue weighted by molar-refractivity contribution is 0.459. The van der Waals surface area contributed by atoms with Crippen LogP contribution in [0.5, 0.6) is 0 Å². The minimum absolute atomic E-state index is 0.897. The molecule has 0 aromatic rings. The first-order valence-corrected chi connectivity index (χ1v) is 4.96. The summed E-state index contributed by atoms with van der Waals surface area (Å²) in [6.07, 6.45) is 0. The summed E-state index contributed by atoms with van der Waals surface area (Å²) in [5.41, 5.74) is 0. The fourth-order valence-corrected chi connectivity index (χ4v) is 1.56. The molecule has 0 aromatic heterocycles. The molecular weight excluding hydrogens is 132 g/mol. The van der Waals surface area contributed by atoms with Crippen LogP contribution in [0, 0.1) is 0 Å². The van der Waals surface area contributed by atoms with Gasteiger partial charge in [-0.15, -0.1) is 10.3 Å². The Balaban J connectivity index is 3.52. The molecule has 0 aliphatic rings. The zero-order valence-electron chi connectivity index (χ0n) is 4.42. The van der Waals surface area contributed by atoms with E-state index < -0.39 is 9.64 Å². The van der Waals surface area contributed by atoms with Crippen LogP contribution in [-0.4, -0.2) is 17.1 Å². The molecule has 0 amide bonds. The Kier molecular flexibility index (Phi) is 4.92. The van der Waals surface area contributed by atoms with Gasteiger partial charge in [-0.05, 0) is 5.75 Å². The molecule has 0 heterocycles. The Labute approximate surface area is 48.7 Å². The predicted molar refractivity (Wildman–Crippen MR) is 35.8 cm³/mol. The van der Waals surface area contributed by atoms with Gasteiger partial charge in [0.2, 0.25) is 0 Å². The van der Waals surface area contributed by atoms with E-state index in [1.165, 1.54) is 7.11 Å². The van der Waals surface area contributed by atoms with Crippen molar-refractivity contribution >= 4 is 20.0 Å². The smallest absolute Gasteiger partial charge is 0.0915 e. The van der Waals surface area contributed by atoms with Crippen LogP contribution in [0.4, 0.5) is 0 Å². The van der Waals surface area contributed by atoms with Gasteiger partial charge in [0, 0.05) is 0 Å². The molecule has 0 N–H and O–H groups in total. The molecule has 7 heavy (non-hydrogen) atoms. The molecule has 4 heteroatoms. The van der Waals surface area contributed by atoms with E-state index in [1.54, 1.807) is 0 Å². The average molecular weight is 142 g/mol. The molecule has 0 aliphatic carbocycles. The Bertz CT molecular complexity index is 104. The molecule has 0 fully saturated rings. The van der Waals surface area contributed by atoms with Gasteiger partial charge >= 0.3 is 0 Å². The van der Waals surface area contributed by atoms with Crippen molar-refractivity contribution in [1.82, 2.24) is 0 Å². The van der Waals surface area contributed by atoms with Crippen molar-refractivity contribution in [2.24, 2.45) is 0 Å². The van der Waals surface area contributed by atoms with Crippen molar-refractivity contribution in [2.75, 3.05) is 12.9 Å². The maximum absolute atomic E-state index is 10.3. The first-order chi connectivity index (χ1) is 3.31. The maximum Gasteiger partial charge on any atom is 0.0915 e. The number of hydrogen-bond donors (Lipinski definition) is 2. The van der Waals surface area contributed by atoms with Gasteiger partial charge in [-0.25, -0.2) is 4.21 Å². The monoisotopic (exact) mass is 142 g/mol. The third-order valence-corrected chi connectivity index (χ3v) is 3.27. The normalized spacial score (nSPS) is 15.7. The van der Waals surface area contributed by atoms with Gasteiger partial charge in [0.15, 0.2) is 0 Å². The highest BCUT2D eigenvalue weighted by molar-refractivity contribution is 8.27. The summed E-state index contributed by atoms with van der Waals surface area (Å²) < 4.78 is 14.8. The topological polar surface area (TPSA) is 26.3 Å². The summed E-state index contributed by atoms with van der Waals surface area (Å²) in [6.45, 7) is 1.97. The SMILES string of the molecule is CC/[SH]=[SH](=O)/OC. The summed E-state index contributed by atoms with van der Waals surface area (Å²) >= 11 is 0. The van der Waals surface area contributed by atoms with Crippen LogP contribution in [0.2, 0.25) is 0 Å². The van der Waals surface area contributed by atoms with E-state index in [1.807, 2.05) is 6.92 Å². The van der Waals surface area contributed by atoms with Gasteiger partial charge < -0.3 is 0 Å². The minimum atomic E-state index is -1.36. The van der Waals surface area contributed by atoms with E-state index >= 15 is 0 Å². The number of hydrogen-bond acceptors (Lipinski definition) is 2. The molecule has 0 bridgehead atoms. The molecule has 0 rings (SSSR count). The average Bonchev–Trinajstić information content (AvgIpc) is 1.68. The highest BCUT2D eigenvalue weighted by Crippen LogP contribution is 1.67. The molecule has 0 saturated carbocycles. The second kappa shape index (κ2) is 4.61. The van der Waals surface area contributed by atoms with E-state index in [-0.39, 0.29) is 0 Å². The van der Waals surface area contributed by atoms with E-state index in [0.29, 0.717) is 0 Å². The molecule has 1 atom stereocenters. The third kappa shape index (κ3) is 4.31. The third-order valence-electron chi connectivity index (χ3n) is 0.413. The van der Waals surface area contributed by atoms with Crippen LogP contribution in [-0.2, 0) is 24.1 Å². The summed E-state index contributed by atoms with van der Waals surface area (Å²) in [7, 11) is 1.00. The van der Waals surface area contributed by atoms with Crippen LogP contribution >= 0.6 is 0 Å². The molecule has 0 aliphatic heterocycles. The Morgan fingerprint density at radius 1 is 1.86 bits per heavy atom. The lowest BCUT2D eigenvalue weighted by Gasteiger charge is -1.81. The largest absolute Gasteiger partial charge is 0.299 e. The fourth-order valence-electron chi connectivity index (χ4n) is 0.173. The van der Waals surface area contributed by atoms with Crippen molar-refractivity contribution in [1.29, 1.82) is 0 Å². The fraction of sp³-hybridized carbons (Fsp3) is 1.00. The van der Waals surface area contributed by atoms with Crippen LogP contribution in [0.25, 0.3) is 0 Å². The molecule has 0 saturated heterocycles. The molecule has 0 aromatic carbocycles. The number of thiol groups is 2. The summed E-state index contributed by atoms with van der Waals surface area (Å²) in [5.74, 6) is 0.906. The summed E-state index contributed by atoms with van der Waals surface area (Å²) in [4.78, 5) is 0.